The van der Waals surface area contributed by atoms with Crippen molar-refractivity contribution >= 4 is 51.5 Å². The zero-order valence-electron chi connectivity index (χ0n) is 36.7. The van der Waals surface area contributed by atoms with E-state index in [1.807, 2.05) is 121 Å². The van der Waals surface area contributed by atoms with Crippen molar-refractivity contribution in [1.29, 1.82) is 0 Å². The van der Waals surface area contributed by atoms with Gasteiger partial charge in [0.05, 0.1) is 40.0 Å². The van der Waals surface area contributed by atoms with Gasteiger partial charge in [0.15, 0.2) is 0 Å². The van der Waals surface area contributed by atoms with Gasteiger partial charge in [-0.05, 0) is 102 Å². The Bertz CT molecular complexity index is 3090. The molecule has 0 aliphatic carbocycles. The Morgan fingerprint density at radius 2 is 0.956 bits per heavy atom. The number of benzene rings is 7. The number of aliphatic carboxylic acids is 1. The quantitative estimate of drug-likeness (QED) is 0.0787. The highest BCUT2D eigenvalue weighted by atomic mass is 32.2. The SMILES string of the molecule is O=C(O)Cc1cccc(COc2cccc(OCc3ccc4ccccc4n3)c2)c1.O=C(O)c1ccc(COc2ccc(SCc3ccc4ccccc4n3)cc2)cc1.O=C(O)c1ccccc1. The summed E-state index contributed by atoms with van der Waals surface area (Å²) >= 11 is 1.74. The number of aromatic carboxylic acids is 2. The first-order valence-electron chi connectivity index (χ1n) is 21.4. The number of para-hydroxylation sites is 2. The lowest BCUT2D eigenvalue weighted by atomic mass is 10.1. The molecule has 0 saturated carbocycles. The molecule has 2 heterocycles. The summed E-state index contributed by atoms with van der Waals surface area (Å²) in [6.07, 6.45) is -0.0000270. The fourth-order valence-electron chi connectivity index (χ4n) is 6.64. The minimum Gasteiger partial charge on any atom is -0.489 e. The number of rotatable bonds is 16. The first kappa shape index (κ1) is 47.5. The highest BCUT2D eigenvalue weighted by Crippen LogP contribution is 2.26. The van der Waals surface area contributed by atoms with Crippen LogP contribution in [0.5, 0.6) is 17.2 Å². The third kappa shape index (κ3) is 14.8. The lowest BCUT2D eigenvalue weighted by molar-refractivity contribution is -0.136. The van der Waals surface area contributed by atoms with E-state index in [4.69, 9.17) is 34.5 Å². The van der Waals surface area contributed by atoms with Crippen LogP contribution in [0, 0.1) is 0 Å². The van der Waals surface area contributed by atoms with Crippen LogP contribution in [-0.4, -0.2) is 43.2 Å². The summed E-state index contributed by atoms with van der Waals surface area (Å²) in [6.45, 7) is 1.11. The maximum absolute atomic E-state index is 10.9. The summed E-state index contributed by atoms with van der Waals surface area (Å²) in [5.74, 6) is 0.310. The molecule has 68 heavy (non-hydrogen) atoms. The van der Waals surface area contributed by atoms with Gasteiger partial charge < -0.3 is 29.5 Å². The van der Waals surface area contributed by atoms with Gasteiger partial charge >= 0.3 is 17.9 Å². The Balaban J connectivity index is 0.000000170. The van der Waals surface area contributed by atoms with E-state index in [-0.39, 0.29) is 12.0 Å². The average molecular weight is 923 g/mol. The maximum atomic E-state index is 10.9. The van der Waals surface area contributed by atoms with Gasteiger partial charge in [-0.1, -0.05) is 109 Å². The predicted molar refractivity (Wildman–Crippen MR) is 264 cm³/mol. The summed E-state index contributed by atoms with van der Waals surface area (Å²) in [4.78, 5) is 42.4. The molecule has 7 aromatic carbocycles. The Labute approximate surface area is 397 Å². The van der Waals surface area contributed by atoms with Crippen molar-refractivity contribution in [1.82, 2.24) is 9.97 Å². The topological polar surface area (TPSA) is 165 Å². The van der Waals surface area contributed by atoms with Crippen LogP contribution in [0.1, 0.15) is 48.8 Å². The second kappa shape index (κ2) is 24.2. The number of aromatic nitrogens is 2. The average Bonchev–Trinajstić information content (AvgIpc) is 3.37. The molecule has 0 aliphatic rings. The van der Waals surface area contributed by atoms with Gasteiger partial charge in [-0.25, -0.2) is 14.6 Å². The van der Waals surface area contributed by atoms with E-state index in [1.165, 1.54) is 0 Å². The molecule has 9 aromatic rings. The number of hydrogen-bond acceptors (Lipinski definition) is 9. The fourth-order valence-corrected chi connectivity index (χ4v) is 7.44. The number of nitrogens with zero attached hydrogens (tertiary/aromatic N) is 2. The predicted octanol–water partition coefficient (Wildman–Crippen LogP) is 12.2. The van der Waals surface area contributed by atoms with Crippen LogP contribution in [0.2, 0.25) is 0 Å². The summed E-state index contributed by atoms with van der Waals surface area (Å²) in [5.41, 5.74) is 7.08. The lowest BCUT2D eigenvalue weighted by Crippen LogP contribution is -2.02. The zero-order valence-corrected chi connectivity index (χ0v) is 37.5. The zero-order chi connectivity index (χ0) is 47.5. The van der Waals surface area contributed by atoms with Gasteiger partial charge in [0.25, 0.3) is 0 Å². The second-order valence-electron chi connectivity index (χ2n) is 15.2. The first-order chi connectivity index (χ1) is 33.1. The van der Waals surface area contributed by atoms with Crippen molar-refractivity contribution in [3.63, 3.8) is 0 Å². The summed E-state index contributed by atoms with van der Waals surface area (Å²) < 4.78 is 17.5. The third-order valence-electron chi connectivity index (χ3n) is 10.1. The van der Waals surface area contributed by atoms with E-state index in [0.29, 0.717) is 36.9 Å². The standard InChI is InChI=1S/C25H21NO4.C24H19NO3S.C7H6O2/c27-25(28)14-18-5-3-6-19(13-18)16-29-22-8-4-9-23(15-22)30-17-21-12-11-20-7-1-2-10-24(20)26-21;26-24(27)19-7-5-17(6-8-19)15-28-21-11-13-22(14-12-21)29-16-20-10-9-18-3-1-2-4-23(18)25-20;8-7(9)6-4-2-1-3-5-6/h1-13,15H,14,16-17H2,(H,27,28);1-14H,15-16H2,(H,26,27);1-5H,(H,8,9). The molecule has 0 radical (unpaired) electrons. The van der Waals surface area contributed by atoms with Crippen molar-refractivity contribution in [2.75, 3.05) is 0 Å². The van der Waals surface area contributed by atoms with Crippen LogP contribution in [0.15, 0.2) is 205 Å². The Hall–Kier alpha value is -8.48. The smallest absolute Gasteiger partial charge is 0.335 e. The van der Waals surface area contributed by atoms with Gasteiger partial charge in [0.1, 0.15) is 37.1 Å². The number of thioether (sulfide) groups is 1. The van der Waals surface area contributed by atoms with E-state index in [1.54, 1.807) is 72.4 Å². The molecule has 0 bridgehead atoms. The second-order valence-corrected chi connectivity index (χ2v) is 16.2. The van der Waals surface area contributed by atoms with Gasteiger partial charge in [-0.2, -0.15) is 0 Å². The third-order valence-corrected chi connectivity index (χ3v) is 11.1. The number of pyridine rings is 2. The molecule has 12 heteroatoms. The van der Waals surface area contributed by atoms with Crippen molar-refractivity contribution in [2.45, 2.75) is 36.9 Å². The van der Waals surface area contributed by atoms with Gasteiger partial charge in [-0.15, -0.1) is 11.8 Å². The van der Waals surface area contributed by atoms with E-state index in [9.17, 15) is 14.4 Å². The monoisotopic (exact) mass is 922 g/mol. The number of carbonyl (C=O) groups is 3. The van der Waals surface area contributed by atoms with Gasteiger partial charge in [0, 0.05) is 27.5 Å². The number of hydrogen-bond donors (Lipinski definition) is 3. The summed E-state index contributed by atoms with van der Waals surface area (Å²) in [5, 5.41) is 28.5. The number of carboxylic acids is 3. The van der Waals surface area contributed by atoms with Crippen LogP contribution in [0.3, 0.4) is 0 Å². The number of carboxylic acid groups (broad SMARTS) is 3. The van der Waals surface area contributed by atoms with E-state index >= 15 is 0 Å². The van der Waals surface area contributed by atoms with Crippen molar-refractivity contribution < 1.29 is 43.9 Å². The van der Waals surface area contributed by atoms with Crippen molar-refractivity contribution in [3.8, 4) is 17.2 Å². The largest absolute Gasteiger partial charge is 0.489 e. The highest BCUT2D eigenvalue weighted by Gasteiger charge is 2.07. The van der Waals surface area contributed by atoms with Crippen molar-refractivity contribution in [3.05, 3.63) is 239 Å². The maximum Gasteiger partial charge on any atom is 0.335 e. The molecule has 11 nitrogen and oxygen atoms in total. The van der Waals surface area contributed by atoms with Gasteiger partial charge in [0.2, 0.25) is 0 Å². The Morgan fingerprint density at radius 3 is 1.59 bits per heavy atom. The molecular formula is C56H46N2O9S. The lowest BCUT2D eigenvalue weighted by Gasteiger charge is -2.10. The van der Waals surface area contributed by atoms with Crippen molar-refractivity contribution in [2.24, 2.45) is 0 Å². The molecule has 0 amide bonds. The molecule has 3 N–H and O–H groups in total. The minimum atomic E-state index is -0.926. The Morgan fingerprint density at radius 1 is 0.426 bits per heavy atom. The van der Waals surface area contributed by atoms with E-state index < -0.39 is 17.9 Å². The molecule has 9 rings (SSSR count). The molecule has 0 atom stereocenters. The van der Waals surface area contributed by atoms with E-state index in [2.05, 4.69) is 23.2 Å². The normalized spacial score (nSPS) is 10.5. The molecule has 0 spiro atoms. The number of ether oxygens (including phenoxy) is 3. The van der Waals surface area contributed by atoms with E-state index in [0.717, 1.165) is 66.3 Å². The van der Waals surface area contributed by atoms with Crippen LogP contribution in [0.4, 0.5) is 0 Å². The molecule has 2 aromatic heterocycles. The first-order valence-corrected chi connectivity index (χ1v) is 22.4. The molecule has 0 unspecified atom stereocenters. The van der Waals surface area contributed by atoms with Gasteiger partial charge in [-0.3, -0.25) is 9.78 Å². The molecular weight excluding hydrogens is 877 g/mol. The van der Waals surface area contributed by atoms with Crippen LogP contribution in [0.25, 0.3) is 21.8 Å². The Kier molecular flexibility index (Phi) is 16.9. The minimum absolute atomic E-state index is 0.0000270. The number of fused-ring (bicyclic) bond motifs is 2. The van der Waals surface area contributed by atoms with Crippen LogP contribution in [-0.2, 0) is 36.8 Å². The fraction of sp³-hybridized carbons (Fsp3) is 0.0893. The molecule has 0 aliphatic heterocycles. The van der Waals surface area contributed by atoms with Crippen LogP contribution >= 0.6 is 11.8 Å². The molecule has 0 saturated heterocycles. The highest BCUT2D eigenvalue weighted by molar-refractivity contribution is 7.98. The summed E-state index contributed by atoms with van der Waals surface area (Å²) in [7, 11) is 0. The molecule has 340 valence electrons. The summed E-state index contributed by atoms with van der Waals surface area (Å²) in [6, 6.07) is 62.1. The molecule has 0 fully saturated rings. The van der Waals surface area contributed by atoms with Crippen LogP contribution < -0.4 is 14.2 Å².